The van der Waals surface area contributed by atoms with Crippen molar-refractivity contribution < 1.29 is 4.74 Å². The topological polar surface area (TPSA) is 9.23 Å². The average molecular weight is 206 g/mol. The van der Waals surface area contributed by atoms with Gasteiger partial charge in [0.1, 0.15) is 5.75 Å². The molecule has 84 valence electrons. The molecule has 1 aromatic carbocycles. The molecule has 1 nitrogen and oxygen atoms in total. The van der Waals surface area contributed by atoms with Crippen molar-refractivity contribution in [1.29, 1.82) is 0 Å². The number of hydrogen-bond donors (Lipinski definition) is 0. The average Bonchev–Trinajstić information content (AvgIpc) is 2.57. The van der Waals surface area contributed by atoms with Crippen LogP contribution in [-0.2, 0) is 11.8 Å². The molecular weight excluding hydrogens is 184 g/mol. The lowest BCUT2D eigenvalue weighted by molar-refractivity contribution is 0.291. The van der Waals surface area contributed by atoms with Gasteiger partial charge in [-0.25, -0.2) is 0 Å². The second-order valence-electron chi connectivity index (χ2n) is 4.36. The molecule has 2 rings (SSSR count). The molecule has 0 fully saturated rings. The summed E-state index contributed by atoms with van der Waals surface area (Å²) in [4.78, 5) is 0. The van der Waals surface area contributed by atoms with Crippen LogP contribution in [0.15, 0.2) is 18.2 Å². The lowest BCUT2D eigenvalue weighted by atomic mass is 9.86. The number of benzene rings is 1. The van der Waals surface area contributed by atoms with Gasteiger partial charge in [-0.05, 0) is 18.1 Å². The van der Waals surface area contributed by atoms with E-state index in [0.717, 1.165) is 18.8 Å². The van der Waals surface area contributed by atoms with Crippen LogP contribution < -0.4 is 4.74 Å². The van der Waals surface area contributed by atoms with Crippen molar-refractivity contribution in [3.8, 4) is 5.75 Å². The van der Waals surface area contributed by atoms with E-state index >= 15 is 0 Å². The SMILES string of the molecule is CC.CCc1ccc2c(c1)OCC2(C)C. The molecule has 1 aromatic rings. The molecule has 0 bridgehead atoms. The molecule has 0 amide bonds. The maximum Gasteiger partial charge on any atom is 0.123 e. The van der Waals surface area contributed by atoms with Crippen LogP contribution in [0.3, 0.4) is 0 Å². The summed E-state index contributed by atoms with van der Waals surface area (Å²) in [6.45, 7) is 11.4. The number of fused-ring (bicyclic) bond motifs is 1. The molecule has 0 aliphatic carbocycles. The van der Waals surface area contributed by atoms with E-state index in [1.807, 2.05) is 13.8 Å². The predicted molar refractivity (Wildman–Crippen MR) is 65.7 cm³/mol. The van der Waals surface area contributed by atoms with Crippen LogP contribution in [0.1, 0.15) is 45.7 Å². The van der Waals surface area contributed by atoms with Crippen LogP contribution in [-0.4, -0.2) is 6.61 Å². The molecule has 1 aliphatic rings. The van der Waals surface area contributed by atoms with Gasteiger partial charge in [0.05, 0.1) is 6.61 Å². The van der Waals surface area contributed by atoms with E-state index in [0.29, 0.717) is 0 Å². The van der Waals surface area contributed by atoms with Gasteiger partial charge >= 0.3 is 0 Å². The summed E-state index contributed by atoms with van der Waals surface area (Å²) in [5.41, 5.74) is 2.91. The molecule has 0 unspecified atom stereocenters. The van der Waals surface area contributed by atoms with Gasteiger partial charge in [0.2, 0.25) is 0 Å². The highest BCUT2D eigenvalue weighted by Crippen LogP contribution is 2.38. The lowest BCUT2D eigenvalue weighted by Gasteiger charge is -2.14. The molecule has 0 aromatic heterocycles. The summed E-state index contributed by atoms with van der Waals surface area (Å²) in [5, 5.41) is 0. The molecule has 0 N–H and O–H groups in total. The van der Waals surface area contributed by atoms with Crippen LogP contribution in [0.2, 0.25) is 0 Å². The van der Waals surface area contributed by atoms with E-state index in [2.05, 4.69) is 39.0 Å². The second-order valence-corrected chi connectivity index (χ2v) is 4.36. The molecule has 0 radical (unpaired) electrons. The monoisotopic (exact) mass is 206 g/mol. The summed E-state index contributed by atoms with van der Waals surface area (Å²) in [6, 6.07) is 6.58. The van der Waals surface area contributed by atoms with E-state index in [-0.39, 0.29) is 5.41 Å². The summed E-state index contributed by atoms with van der Waals surface area (Å²) in [6.07, 6.45) is 1.08. The standard InChI is InChI=1S/C12H16O.C2H6/c1-4-9-5-6-10-11(7-9)13-8-12(10,2)3;1-2/h5-7H,4,8H2,1-3H3;1-2H3. The van der Waals surface area contributed by atoms with E-state index in [1.165, 1.54) is 11.1 Å². The first-order valence-corrected chi connectivity index (χ1v) is 5.90. The molecule has 1 heteroatoms. The van der Waals surface area contributed by atoms with Crippen molar-refractivity contribution in [3.63, 3.8) is 0 Å². The maximum absolute atomic E-state index is 5.66. The third-order valence-corrected chi connectivity index (χ3v) is 2.77. The molecule has 0 atom stereocenters. The van der Waals surface area contributed by atoms with Crippen LogP contribution in [0.5, 0.6) is 5.75 Å². The Morgan fingerprint density at radius 1 is 1.27 bits per heavy atom. The normalized spacial score (nSPS) is 16.1. The van der Waals surface area contributed by atoms with Gasteiger partial charge in [0.25, 0.3) is 0 Å². The summed E-state index contributed by atoms with van der Waals surface area (Å²) in [7, 11) is 0. The summed E-state index contributed by atoms with van der Waals surface area (Å²) >= 11 is 0. The zero-order valence-corrected chi connectivity index (χ0v) is 10.6. The Morgan fingerprint density at radius 3 is 2.53 bits per heavy atom. The van der Waals surface area contributed by atoms with Gasteiger partial charge < -0.3 is 4.74 Å². The van der Waals surface area contributed by atoms with Gasteiger partial charge in [0.15, 0.2) is 0 Å². The van der Waals surface area contributed by atoms with E-state index in [1.54, 1.807) is 0 Å². The predicted octanol–water partition coefficient (Wildman–Crippen LogP) is 3.95. The first-order chi connectivity index (χ1) is 7.13. The Labute approximate surface area is 93.5 Å². The molecule has 0 saturated carbocycles. The largest absolute Gasteiger partial charge is 0.492 e. The van der Waals surface area contributed by atoms with Crippen molar-refractivity contribution in [1.82, 2.24) is 0 Å². The summed E-state index contributed by atoms with van der Waals surface area (Å²) in [5.74, 6) is 1.09. The van der Waals surface area contributed by atoms with E-state index in [4.69, 9.17) is 4.74 Å². The molecule has 15 heavy (non-hydrogen) atoms. The Kier molecular flexibility index (Phi) is 3.78. The summed E-state index contributed by atoms with van der Waals surface area (Å²) < 4.78 is 5.66. The van der Waals surface area contributed by atoms with Gasteiger partial charge in [-0.2, -0.15) is 0 Å². The minimum Gasteiger partial charge on any atom is -0.492 e. The number of aryl methyl sites for hydroxylation is 1. The Bertz CT molecular complexity index is 326. The van der Waals surface area contributed by atoms with Crippen molar-refractivity contribution in [2.45, 2.75) is 46.5 Å². The van der Waals surface area contributed by atoms with Crippen LogP contribution >= 0.6 is 0 Å². The van der Waals surface area contributed by atoms with E-state index in [9.17, 15) is 0 Å². The molecular formula is C14H22O. The van der Waals surface area contributed by atoms with Crippen LogP contribution in [0, 0.1) is 0 Å². The first-order valence-electron chi connectivity index (χ1n) is 5.90. The van der Waals surface area contributed by atoms with Crippen molar-refractivity contribution in [2.24, 2.45) is 0 Å². The quantitative estimate of drug-likeness (QED) is 0.676. The zero-order valence-electron chi connectivity index (χ0n) is 10.6. The zero-order chi connectivity index (χ0) is 11.5. The van der Waals surface area contributed by atoms with Crippen LogP contribution in [0.25, 0.3) is 0 Å². The molecule has 0 saturated heterocycles. The third-order valence-electron chi connectivity index (χ3n) is 2.77. The van der Waals surface area contributed by atoms with E-state index < -0.39 is 0 Å². The third kappa shape index (κ3) is 2.34. The Hall–Kier alpha value is -0.980. The molecule has 0 spiro atoms. The smallest absolute Gasteiger partial charge is 0.123 e. The van der Waals surface area contributed by atoms with Gasteiger partial charge in [-0.15, -0.1) is 0 Å². The second kappa shape index (κ2) is 4.69. The Balaban J connectivity index is 0.000000531. The number of rotatable bonds is 1. The lowest BCUT2D eigenvalue weighted by Crippen LogP contribution is -2.18. The fourth-order valence-corrected chi connectivity index (χ4v) is 1.80. The highest BCUT2D eigenvalue weighted by Gasteiger charge is 2.31. The fourth-order valence-electron chi connectivity index (χ4n) is 1.80. The molecule has 1 heterocycles. The molecule has 1 aliphatic heterocycles. The number of ether oxygens (including phenoxy) is 1. The highest BCUT2D eigenvalue weighted by molar-refractivity contribution is 5.45. The van der Waals surface area contributed by atoms with Crippen molar-refractivity contribution in [2.75, 3.05) is 6.61 Å². The number of hydrogen-bond acceptors (Lipinski definition) is 1. The van der Waals surface area contributed by atoms with Crippen molar-refractivity contribution >= 4 is 0 Å². The van der Waals surface area contributed by atoms with Crippen LogP contribution in [0.4, 0.5) is 0 Å². The van der Waals surface area contributed by atoms with Gasteiger partial charge in [0, 0.05) is 11.0 Å². The highest BCUT2D eigenvalue weighted by atomic mass is 16.5. The fraction of sp³-hybridized carbons (Fsp3) is 0.571. The Morgan fingerprint density at radius 2 is 1.93 bits per heavy atom. The van der Waals surface area contributed by atoms with Crippen molar-refractivity contribution in [3.05, 3.63) is 29.3 Å². The minimum absolute atomic E-state index is 0.196. The maximum atomic E-state index is 5.66. The van der Waals surface area contributed by atoms with Gasteiger partial charge in [-0.1, -0.05) is 46.8 Å². The minimum atomic E-state index is 0.196. The van der Waals surface area contributed by atoms with Gasteiger partial charge in [-0.3, -0.25) is 0 Å². The first kappa shape index (κ1) is 12.1.